The standard InChI is InChI=1S/C16H13F3N2O3S/c1-24-11-6-4-10(5-7-11)12-9-15(23,16(17,18)19)21(20-12)14(22)13-3-2-8-25-13/h2-8,23H,9H2,1H3/t15-/m0/s1. The summed E-state index contributed by atoms with van der Waals surface area (Å²) in [6, 6.07) is 9.09. The highest BCUT2D eigenvalue weighted by molar-refractivity contribution is 7.12. The summed E-state index contributed by atoms with van der Waals surface area (Å²) in [5.41, 5.74) is -3.05. The van der Waals surface area contributed by atoms with Gasteiger partial charge in [0.25, 0.3) is 11.6 Å². The van der Waals surface area contributed by atoms with Gasteiger partial charge < -0.3 is 9.84 Å². The summed E-state index contributed by atoms with van der Waals surface area (Å²) < 4.78 is 45.4. The Morgan fingerprint density at radius 3 is 2.52 bits per heavy atom. The molecule has 0 fully saturated rings. The minimum atomic E-state index is -5.06. The van der Waals surface area contributed by atoms with E-state index in [1.807, 2.05) is 0 Å². The number of alkyl halides is 3. The molecule has 0 aliphatic carbocycles. The summed E-state index contributed by atoms with van der Waals surface area (Å²) >= 11 is 0.976. The molecule has 0 radical (unpaired) electrons. The number of amides is 1. The number of thiophene rings is 1. The lowest BCUT2D eigenvalue weighted by atomic mass is 10.0. The zero-order valence-electron chi connectivity index (χ0n) is 12.9. The Bertz CT molecular complexity index is 803. The SMILES string of the molecule is COc1ccc(C2=NN(C(=O)c3cccs3)[C@@](O)(C(F)(F)F)C2)cc1. The minimum Gasteiger partial charge on any atom is -0.497 e. The molecule has 1 aromatic heterocycles. The van der Waals surface area contributed by atoms with Crippen molar-refractivity contribution in [1.29, 1.82) is 0 Å². The number of hydrazone groups is 1. The van der Waals surface area contributed by atoms with Crippen LogP contribution in [0.15, 0.2) is 46.9 Å². The molecule has 1 atom stereocenters. The third-order valence-corrected chi connectivity index (χ3v) is 4.64. The Kier molecular flexibility index (Phi) is 4.29. The number of aliphatic hydroxyl groups is 1. The molecular formula is C16H13F3N2O3S. The van der Waals surface area contributed by atoms with E-state index in [0.717, 1.165) is 11.3 Å². The number of rotatable bonds is 3. The third kappa shape index (κ3) is 3.00. The van der Waals surface area contributed by atoms with Gasteiger partial charge in [-0.05, 0) is 41.3 Å². The molecule has 2 heterocycles. The normalized spacial score (nSPS) is 20.5. The topological polar surface area (TPSA) is 62.1 Å². The van der Waals surface area contributed by atoms with Crippen molar-refractivity contribution in [2.24, 2.45) is 5.10 Å². The summed E-state index contributed by atoms with van der Waals surface area (Å²) in [4.78, 5) is 12.5. The first-order valence-electron chi connectivity index (χ1n) is 7.15. The van der Waals surface area contributed by atoms with Crippen LogP contribution in [-0.4, -0.2) is 40.7 Å². The molecule has 0 spiro atoms. The van der Waals surface area contributed by atoms with Gasteiger partial charge in [0.05, 0.1) is 24.1 Å². The molecule has 1 aliphatic rings. The molecular weight excluding hydrogens is 357 g/mol. The second-order valence-electron chi connectivity index (χ2n) is 5.36. The van der Waals surface area contributed by atoms with E-state index in [9.17, 15) is 23.1 Å². The number of carbonyl (C=O) groups is 1. The van der Waals surface area contributed by atoms with E-state index in [1.54, 1.807) is 17.5 Å². The van der Waals surface area contributed by atoms with Gasteiger partial charge in [0.2, 0.25) is 0 Å². The molecule has 0 saturated carbocycles. The van der Waals surface area contributed by atoms with E-state index < -0.39 is 24.2 Å². The van der Waals surface area contributed by atoms with Crippen molar-refractivity contribution in [2.45, 2.75) is 18.3 Å². The first-order chi connectivity index (χ1) is 11.8. The Morgan fingerprint density at radius 2 is 2.00 bits per heavy atom. The Balaban J connectivity index is 2.01. The Morgan fingerprint density at radius 1 is 1.32 bits per heavy atom. The van der Waals surface area contributed by atoms with Crippen LogP contribution in [0.5, 0.6) is 5.75 Å². The summed E-state index contributed by atoms with van der Waals surface area (Å²) in [6.07, 6.45) is -5.91. The van der Waals surface area contributed by atoms with Gasteiger partial charge in [-0.2, -0.15) is 23.3 Å². The smallest absolute Gasteiger partial charge is 0.438 e. The highest BCUT2D eigenvalue weighted by atomic mass is 32.1. The lowest BCUT2D eigenvalue weighted by Gasteiger charge is -2.32. The van der Waals surface area contributed by atoms with E-state index in [0.29, 0.717) is 11.3 Å². The van der Waals surface area contributed by atoms with Crippen LogP contribution >= 0.6 is 11.3 Å². The molecule has 1 aromatic carbocycles. The highest BCUT2D eigenvalue weighted by Gasteiger charge is 2.63. The molecule has 1 amide bonds. The van der Waals surface area contributed by atoms with Gasteiger partial charge in [0.15, 0.2) is 0 Å². The van der Waals surface area contributed by atoms with E-state index in [-0.39, 0.29) is 15.6 Å². The lowest BCUT2D eigenvalue weighted by molar-refractivity contribution is -0.297. The van der Waals surface area contributed by atoms with Crippen LogP contribution in [0.2, 0.25) is 0 Å². The van der Waals surface area contributed by atoms with Crippen molar-refractivity contribution in [3.63, 3.8) is 0 Å². The van der Waals surface area contributed by atoms with Crippen molar-refractivity contribution in [1.82, 2.24) is 5.01 Å². The number of methoxy groups -OCH3 is 1. The average Bonchev–Trinajstić information content (AvgIpc) is 3.22. The van der Waals surface area contributed by atoms with Gasteiger partial charge in [-0.3, -0.25) is 4.79 Å². The van der Waals surface area contributed by atoms with E-state index in [2.05, 4.69) is 5.10 Å². The molecule has 132 valence electrons. The zero-order valence-corrected chi connectivity index (χ0v) is 13.8. The van der Waals surface area contributed by atoms with Gasteiger partial charge >= 0.3 is 6.18 Å². The molecule has 0 bridgehead atoms. The Hall–Kier alpha value is -2.39. The maximum atomic E-state index is 13.5. The van der Waals surface area contributed by atoms with Crippen molar-refractivity contribution in [3.8, 4) is 5.75 Å². The summed E-state index contributed by atoms with van der Waals surface area (Å²) in [5, 5.41) is 15.7. The largest absolute Gasteiger partial charge is 0.497 e. The molecule has 5 nitrogen and oxygen atoms in total. The lowest BCUT2D eigenvalue weighted by Crippen LogP contribution is -2.56. The molecule has 0 unspecified atom stereocenters. The average molecular weight is 370 g/mol. The van der Waals surface area contributed by atoms with E-state index in [4.69, 9.17) is 4.74 Å². The van der Waals surface area contributed by atoms with Gasteiger partial charge in [-0.25, -0.2) is 0 Å². The van der Waals surface area contributed by atoms with Gasteiger partial charge in [-0.1, -0.05) is 6.07 Å². The number of hydrogen-bond acceptors (Lipinski definition) is 5. The molecule has 25 heavy (non-hydrogen) atoms. The maximum absolute atomic E-state index is 13.5. The number of hydrogen-bond donors (Lipinski definition) is 1. The summed E-state index contributed by atoms with van der Waals surface area (Å²) in [5.74, 6) is -0.474. The first kappa shape index (κ1) is 17.4. The molecule has 1 N–H and O–H groups in total. The van der Waals surface area contributed by atoms with E-state index >= 15 is 0 Å². The quantitative estimate of drug-likeness (QED) is 0.902. The van der Waals surface area contributed by atoms with Crippen LogP contribution in [0.25, 0.3) is 0 Å². The van der Waals surface area contributed by atoms with Crippen LogP contribution in [0, 0.1) is 0 Å². The fraction of sp³-hybridized carbons (Fsp3) is 0.250. The third-order valence-electron chi connectivity index (χ3n) is 3.79. The number of ether oxygens (including phenoxy) is 1. The predicted molar refractivity (Wildman–Crippen MR) is 85.6 cm³/mol. The van der Waals surface area contributed by atoms with Crippen LogP contribution in [0.3, 0.4) is 0 Å². The van der Waals surface area contributed by atoms with Gasteiger partial charge in [0.1, 0.15) is 5.75 Å². The molecule has 3 rings (SSSR count). The van der Waals surface area contributed by atoms with Crippen molar-refractivity contribution in [3.05, 3.63) is 52.2 Å². The van der Waals surface area contributed by atoms with Crippen LogP contribution in [-0.2, 0) is 0 Å². The number of carbonyl (C=O) groups excluding carboxylic acids is 1. The summed E-state index contributed by atoms with van der Waals surface area (Å²) in [6.45, 7) is 0. The Labute approximate surface area is 145 Å². The minimum absolute atomic E-state index is 0.0348. The van der Waals surface area contributed by atoms with Crippen molar-refractivity contribution < 1.29 is 27.8 Å². The van der Waals surface area contributed by atoms with Crippen LogP contribution in [0.4, 0.5) is 13.2 Å². The predicted octanol–water partition coefficient (Wildman–Crippen LogP) is 3.26. The molecule has 1 aliphatic heterocycles. The fourth-order valence-electron chi connectivity index (χ4n) is 2.43. The molecule has 2 aromatic rings. The molecule has 9 heteroatoms. The van der Waals surface area contributed by atoms with E-state index in [1.165, 1.54) is 31.4 Å². The first-order valence-corrected chi connectivity index (χ1v) is 8.03. The van der Waals surface area contributed by atoms with Gasteiger partial charge in [-0.15, -0.1) is 11.3 Å². The van der Waals surface area contributed by atoms with Crippen LogP contribution in [0.1, 0.15) is 21.7 Å². The second kappa shape index (κ2) is 6.16. The zero-order chi connectivity index (χ0) is 18.2. The fourth-order valence-corrected chi connectivity index (χ4v) is 3.08. The number of benzene rings is 1. The van der Waals surface area contributed by atoms with Gasteiger partial charge in [0, 0.05) is 0 Å². The second-order valence-corrected chi connectivity index (χ2v) is 6.31. The number of nitrogens with zero attached hydrogens (tertiary/aromatic N) is 2. The molecule has 0 saturated heterocycles. The van der Waals surface area contributed by atoms with Crippen molar-refractivity contribution >= 4 is 23.0 Å². The number of halogens is 3. The summed E-state index contributed by atoms with van der Waals surface area (Å²) in [7, 11) is 1.46. The monoisotopic (exact) mass is 370 g/mol. The maximum Gasteiger partial charge on any atom is 0.438 e. The highest BCUT2D eigenvalue weighted by Crippen LogP contribution is 2.42. The van der Waals surface area contributed by atoms with Crippen LogP contribution < -0.4 is 4.74 Å². The van der Waals surface area contributed by atoms with Crippen molar-refractivity contribution in [2.75, 3.05) is 7.11 Å².